The Labute approximate surface area is 280 Å². The molecular weight excluding hydrogens is 558 g/mol. The highest BCUT2D eigenvalue weighted by molar-refractivity contribution is 5.76. The van der Waals surface area contributed by atoms with Gasteiger partial charge in [0.25, 0.3) is 0 Å². The fraction of sp³-hybridized carbons (Fsp3) is 0.925. The summed E-state index contributed by atoms with van der Waals surface area (Å²) in [4.78, 5) is 12.4. The summed E-state index contributed by atoms with van der Waals surface area (Å²) in [6.07, 6.45) is 40.2. The maximum atomic E-state index is 12.4. The predicted molar refractivity (Wildman–Crippen MR) is 195 cm³/mol. The highest BCUT2D eigenvalue weighted by Crippen LogP contribution is 2.16. The van der Waals surface area contributed by atoms with E-state index in [9.17, 15) is 20.1 Å². The summed E-state index contributed by atoms with van der Waals surface area (Å²) in [5, 5.41) is 33.3. The lowest BCUT2D eigenvalue weighted by atomic mass is 10.0. The fourth-order valence-electron chi connectivity index (χ4n) is 6.22. The van der Waals surface area contributed by atoms with Gasteiger partial charge in [0.05, 0.1) is 31.3 Å². The Bertz CT molecular complexity index is 625. The van der Waals surface area contributed by atoms with Crippen molar-refractivity contribution in [2.45, 2.75) is 231 Å². The minimum atomic E-state index is -0.749. The number of hydrogen-bond acceptors (Lipinski definition) is 4. The van der Waals surface area contributed by atoms with Crippen LogP contribution < -0.4 is 5.32 Å². The Morgan fingerprint density at radius 1 is 0.533 bits per heavy atom. The summed E-state index contributed by atoms with van der Waals surface area (Å²) in [6, 6.07) is -0.658. The first-order valence-electron chi connectivity index (χ1n) is 20.0. The van der Waals surface area contributed by atoms with Gasteiger partial charge in [0, 0.05) is 0 Å². The Kier molecular flexibility index (Phi) is 35.2. The molecule has 5 nitrogen and oxygen atoms in total. The molecule has 0 bridgehead atoms. The first-order valence-corrected chi connectivity index (χ1v) is 20.0. The summed E-state index contributed by atoms with van der Waals surface area (Å²) < 4.78 is 0. The Hall–Kier alpha value is -0.910. The van der Waals surface area contributed by atoms with Crippen LogP contribution >= 0.6 is 0 Å². The second-order valence-electron chi connectivity index (χ2n) is 13.9. The van der Waals surface area contributed by atoms with Crippen LogP contribution in [0.25, 0.3) is 0 Å². The summed E-state index contributed by atoms with van der Waals surface area (Å²) in [5.74, 6) is -0.291. The third-order valence-corrected chi connectivity index (χ3v) is 9.33. The number of carbonyl (C=O) groups excluding carboxylic acids is 1. The molecule has 0 aliphatic rings. The van der Waals surface area contributed by atoms with Gasteiger partial charge in [-0.25, -0.2) is 0 Å². The van der Waals surface area contributed by atoms with Gasteiger partial charge in [-0.05, 0) is 38.5 Å². The minimum Gasteiger partial charge on any atom is -0.394 e. The number of allylic oxidation sites excluding steroid dienone is 2. The summed E-state index contributed by atoms with van der Waals surface area (Å²) in [5.41, 5.74) is 0. The van der Waals surface area contributed by atoms with E-state index in [2.05, 4.69) is 31.3 Å². The van der Waals surface area contributed by atoms with E-state index in [0.717, 1.165) is 38.5 Å². The SMILES string of the molecule is CCCCCCCCC/C=C\CCCCCC(O)CC(=O)NC(CO)C(O)CCCCCCCCCCCCCCCCCC. The van der Waals surface area contributed by atoms with Gasteiger partial charge in [-0.2, -0.15) is 0 Å². The van der Waals surface area contributed by atoms with Crippen LogP contribution in [-0.2, 0) is 4.79 Å². The molecule has 0 aliphatic carbocycles. The van der Waals surface area contributed by atoms with Crippen molar-refractivity contribution >= 4 is 5.91 Å². The van der Waals surface area contributed by atoms with Crippen molar-refractivity contribution < 1.29 is 20.1 Å². The topological polar surface area (TPSA) is 89.8 Å². The average Bonchev–Trinajstić information content (AvgIpc) is 3.03. The molecule has 0 aromatic rings. The Morgan fingerprint density at radius 3 is 1.31 bits per heavy atom. The molecule has 0 heterocycles. The van der Waals surface area contributed by atoms with E-state index < -0.39 is 18.2 Å². The van der Waals surface area contributed by atoms with Crippen molar-refractivity contribution in [3.8, 4) is 0 Å². The van der Waals surface area contributed by atoms with E-state index in [1.54, 1.807) is 0 Å². The van der Waals surface area contributed by atoms with E-state index in [0.29, 0.717) is 12.8 Å². The van der Waals surface area contributed by atoms with Crippen LogP contribution in [0.4, 0.5) is 0 Å². The average molecular weight is 638 g/mol. The number of aliphatic hydroxyl groups excluding tert-OH is 3. The smallest absolute Gasteiger partial charge is 0.222 e. The summed E-state index contributed by atoms with van der Waals surface area (Å²) in [6.45, 7) is 4.25. The Morgan fingerprint density at radius 2 is 0.889 bits per heavy atom. The van der Waals surface area contributed by atoms with Crippen LogP contribution in [0.15, 0.2) is 12.2 Å². The maximum absolute atomic E-state index is 12.4. The van der Waals surface area contributed by atoms with Gasteiger partial charge in [-0.1, -0.05) is 180 Å². The molecule has 0 radical (unpaired) electrons. The maximum Gasteiger partial charge on any atom is 0.222 e. The molecule has 5 heteroatoms. The van der Waals surface area contributed by atoms with Crippen molar-refractivity contribution in [2.24, 2.45) is 0 Å². The highest BCUT2D eigenvalue weighted by atomic mass is 16.3. The molecule has 0 saturated carbocycles. The number of aliphatic hydroxyl groups is 3. The molecule has 4 N–H and O–H groups in total. The van der Waals surface area contributed by atoms with Gasteiger partial charge < -0.3 is 20.6 Å². The molecule has 45 heavy (non-hydrogen) atoms. The van der Waals surface area contributed by atoms with Gasteiger partial charge >= 0.3 is 0 Å². The predicted octanol–water partition coefficient (Wildman–Crippen LogP) is 10.9. The van der Waals surface area contributed by atoms with Crippen LogP contribution in [-0.4, -0.2) is 46.1 Å². The molecule has 3 atom stereocenters. The van der Waals surface area contributed by atoms with Crippen LogP contribution in [0.5, 0.6) is 0 Å². The van der Waals surface area contributed by atoms with Crippen molar-refractivity contribution in [3.63, 3.8) is 0 Å². The number of hydrogen-bond donors (Lipinski definition) is 4. The van der Waals surface area contributed by atoms with Crippen LogP contribution in [0.3, 0.4) is 0 Å². The molecule has 0 aromatic heterocycles. The van der Waals surface area contributed by atoms with E-state index in [-0.39, 0.29) is 18.9 Å². The third kappa shape index (κ3) is 32.8. The van der Waals surface area contributed by atoms with Gasteiger partial charge in [0.15, 0.2) is 0 Å². The van der Waals surface area contributed by atoms with Crippen LogP contribution in [0, 0.1) is 0 Å². The molecule has 0 fully saturated rings. The zero-order valence-corrected chi connectivity index (χ0v) is 30.3. The van der Waals surface area contributed by atoms with Gasteiger partial charge in [0.2, 0.25) is 5.91 Å². The number of nitrogens with one attached hydrogen (secondary N) is 1. The van der Waals surface area contributed by atoms with Crippen molar-refractivity contribution in [1.82, 2.24) is 5.32 Å². The lowest BCUT2D eigenvalue weighted by molar-refractivity contribution is -0.125. The largest absolute Gasteiger partial charge is 0.394 e. The monoisotopic (exact) mass is 638 g/mol. The third-order valence-electron chi connectivity index (χ3n) is 9.33. The molecule has 0 spiro atoms. The zero-order chi connectivity index (χ0) is 33.1. The molecule has 0 aliphatic heterocycles. The van der Waals surface area contributed by atoms with Crippen molar-refractivity contribution in [3.05, 3.63) is 12.2 Å². The first-order chi connectivity index (χ1) is 22.0. The normalized spacial score (nSPS) is 13.8. The lowest BCUT2D eigenvalue weighted by Crippen LogP contribution is -2.46. The second kappa shape index (κ2) is 35.9. The number of rotatable bonds is 36. The zero-order valence-electron chi connectivity index (χ0n) is 30.3. The van der Waals surface area contributed by atoms with Crippen LogP contribution in [0.2, 0.25) is 0 Å². The molecule has 1 amide bonds. The van der Waals surface area contributed by atoms with E-state index >= 15 is 0 Å². The number of carbonyl (C=O) groups is 1. The number of unbranched alkanes of at least 4 members (excludes halogenated alkanes) is 25. The van der Waals surface area contributed by atoms with E-state index in [1.165, 1.54) is 141 Å². The minimum absolute atomic E-state index is 0.0284. The second-order valence-corrected chi connectivity index (χ2v) is 13.9. The quantitative estimate of drug-likeness (QED) is 0.0406. The highest BCUT2D eigenvalue weighted by Gasteiger charge is 2.21. The van der Waals surface area contributed by atoms with Gasteiger partial charge in [-0.15, -0.1) is 0 Å². The van der Waals surface area contributed by atoms with Crippen molar-refractivity contribution in [2.75, 3.05) is 6.61 Å². The number of amides is 1. The molecule has 0 rings (SSSR count). The van der Waals surface area contributed by atoms with E-state index in [1.807, 2.05) is 0 Å². The molecule has 3 unspecified atom stereocenters. The fourth-order valence-corrected chi connectivity index (χ4v) is 6.22. The molecule has 0 aromatic carbocycles. The molecule has 0 saturated heterocycles. The van der Waals surface area contributed by atoms with Crippen molar-refractivity contribution in [1.29, 1.82) is 0 Å². The molecule has 268 valence electrons. The lowest BCUT2D eigenvalue weighted by Gasteiger charge is -2.23. The van der Waals surface area contributed by atoms with Crippen LogP contribution in [0.1, 0.15) is 213 Å². The molecular formula is C40H79NO4. The first kappa shape index (κ1) is 44.1. The van der Waals surface area contributed by atoms with E-state index in [4.69, 9.17) is 0 Å². The Balaban J connectivity index is 3.66. The van der Waals surface area contributed by atoms with Gasteiger partial charge in [0.1, 0.15) is 0 Å². The summed E-state index contributed by atoms with van der Waals surface area (Å²) in [7, 11) is 0. The standard InChI is InChI=1S/C40H79NO4/c1-3-5-7-9-11-13-15-17-19-20-22-24-26-28-30-32-34-39(44)38(36-42)41-40(45)35-37(43)33-31-29-27-25-23-21-18-16-14-12-10-8-6-4-2/h21,23,37-39,42-44H,3-20,22,24-36H2,1-2H3,(H,41,45)/b23-21-. The summed E-state index contributed by atoms with van der Waals surface area (Å²) >= 11 is 0. The van der Waals surface area contributed by atoms with Gasteiger partial charge in [-0.3, -0.25) is 4.79 Å².